The van der Waals surface area contributed by atoms with Gasteiger partial charge < -0.3 is 19.3 Å². The first-order valence-electron chi connectivity index (χ1n) is 11.0. The van der Waals surface area contributed by atoms with E-state index in [2.05, 4.69) is 0 Å². The van der Waals surface area contributed by atoms with Crippen molar-refractivity contribution in [3.05, 3.63) is 90.5 Å². The molecule has 1 aliphatic heterocycles. The van der Waals surface area contributed by atoms with Crippen molar-refractivity contribution in [2.75, 3.05) is 18.1 Å². The van der Waals surface area contributed by atoms with E-state index in [4.69, 9.17) is 9.72 Å². The Morgan fingerprint density at radius 2 is 1.76 bits per heavy atom. The number of anilines is 1. The minimum Gasteiger partial charge on any atom is -0.491 e. The summed E-state index contributed by atoms with van der Waals surface area (Å²) in [7, 11) is 0. The van der Waals surface area contributed by atoms with Crippen molar-refractivity contribution in [3.63, 3.8) is 0 Å². The van der Waals surface area contributed by atoms with Crippen molar-refractivity contribution >= 4 is 22.6 Å². The molecule has 3 aromatic carbocycles. The first-order valence-corrected chi connectivity index (χ1v) is 11.0. The Kier molecular flexibility index (Phi) is 5.79. The molecule has 1 saturated heterocycles. The van der Waals surface area contributed by atoms with Crippen LogP contribution in [-0.4, -0.2) is 39.8 Å². The maximum Gasteiger partial charge on any atom is 0.227 e. The summed E-state index contributed by atoms with van der Waals surface area (Å²) in [5, 5.41) is 10.7. The van der Waals surface area contributed by atoms with E-state index in [0.717, 1.165) is 16.9 Å². The number of fused-ring (bicyclic) bond motifs is 1. The highest BCUT2D eigenvalue weighted by atomic mass is 19.1. The lowest BCUT2D eigenvalue weighted by Gasteiger charge is -2.19. The summed E-state index contributed by atoms with van der Waals surface area (Å²) in [6.07, 6.45) is -0.455. The second-order valence-electron chi connectivity index (χ2n) is 8.23. The molecule has 0 spiro atoms. The largest absolute Gasteiger partial charge is 0.491 e. The first-order chi connectivity index (χ1) is 16.1. The number of imidazole rings is 1. The quantitative estimate of drug-likeness (QED) is 0.464. The number of hydrogen-bond acceptors (Lipinski definition) is 4. The monoisotopic (exact) mass is 445 g/mol. The second-order valence-corrected chi connectivity index (χ2v) is 8.23. The van der Waals surface area contributed by atoms with Crippen molar-refractivity contribution in [1.29, 1.82) is 0 Å². The number of carbonyl (C=O) groups is 1. The number of rotatable bonds is 7. The van der Waals surface area contributed by atoms with Gasteiger partial charge in [-0.3, -0.25) is 4.79 Å². The van der Waals surface area contributed by atoms with Crippen LogP contribution in [0, 0.1) is 5.82 Å². The van der Waals surface area contributed by atoms with Gasteiger partial charge in [0.15, 0.2) is 0 Å². The highest BCUT2D eigenvalue weighted by molar-refractivity contribution is 5.96. The summed E-state index contributed by atoms with van der Waals surface area (Å²) in [5.41, 5.74) is 2.39. The summed E-state index contributed by atoms with van der Waals surface area (Å²) in [6, 6.07) is 23.0. The number of para-hydroxylation sites is 3. The smallest absolute Gasteiger partial charge is 0.227 e. The molecule has 0 bridgehead atoms. The fourth-order valence-corrected chi connectivity index (χ4v) is 4.32. The number of aliphatic hydroxyl groups excluding tert-OH is 1. The van der Waals surface area contributed by atoms with E-state index >= 15 is 0 Å². The maximum absolute atomic E-state index is 13.3. The van der Waals surface area contributed by atoms with Gasteiger partial charge in [0.25, 0.3) is 0 Å². The number of ether oxygens (including phenoxy) is 1. The van der Waals surface area contributed by atoms with Crippen molar-refractivity contribution in [2.45, 2.75) is 25.0 Å². The van der Waals surface area contributed by atoms with E-state index in [-0.39, 0.29) is 24.2 Å². The van der Waals surface area contributed by atoms with Gasteiger partial charge in [-0.25, -0.2) is 9.37 Å². The average molecular weight is 445 g/mol. The topological polar surface area (TPSA) is 67.6 Å². The Morgan fingerprint density at radius 3 is 2.55 bits per heavy atom. The molecule has 0 radical (unpaired) electrons. The van der Waals surface area contributed by atoms with Crippen molar-refractivity contribution < 1.29 is 19.0 Å². The molecule has 0 aliphatic carbocycles. The van der Waals surface area contributed by atoms with Crippen LogP contribution in [0.2, 0.25) is 0 Å². The molecule has 1 aliphatic rings. The number of carbonyl (C=O) groups excluding carboxylic acids is 1. The van der Waals surface area contributed by atoms with Gasteiger partial charge in [0.1, 0.15) is 30.1 Å². The van der Waals surface area contributed by atoms with Crippen LogP contribution in [0.4, 0.5) is 10.1 Å². The third kappa shape index (κ3) is 4.45. The number of hydrogen-bond donors (Lipinski definition) is 1. The molecule has 1 aromatic heterocycles. The molecule has 33 heavy (non-hydrogen) atoms. The van der Waals surface area contributed by atoms with E-state index in [0.29, 0.717) is 30.9 Å². The predicted molar refractivity (Wildman–Crippen MR) is 124 cm³/mol. The summed E-state index contributed by atoms with van der Waals surface area (Å²) < 4.78 is 21.0. The molecule has 1 amide bonds. The fraction of sp³-hybridized carbons (Fsp3) is 0.231. The van der Waals surface area contributed by atoms with Gasteiger partial charge in [0, 0.05) is 24.6 Å². The summed E-state index contributed by atoms with van der Waals surface area (Å²) >= 11 is 0. The molecule has 1 N–H and O–H groups in total. The van der Waals surface area contributed by atoms with Gasteiger partial charge in [-0.05, 0) is 48.5 Å². The molecule has 2 heterocycles. The molecule has 0 saturated carbocycles. The lowest BCUT2D eigenvalue weighted by atomic mass is 10.1. The van der Waals surface area contributed by atoms with Crippen LogP contribution in [0.25, 0.3) is 11.0 Å². The van der Waals surface area contributed by atoms with Crippen LogP contribution in [0.1, 0.15) is 18.2 Å². The number of aromatic nitrogens is 2. The number of amides is 1. The van der Waals surface area contributed by atoms with Crippen LogP contribution in [-0.2, 0) is 11.3 Å². The normalized spacial score (nSPS) is 17.0. The van der Waals surface area contributed by atoms with E-state index in [1.807, 2.05) is 59.2 Å². The Bertz CT molecular complexity index is 1260. The molecular weight excluding hydrogens is 421 g/mol. The third-order valence-corrected chi connectivity index (χ3v) is 5.89. The zero-order valence-electron chi connectivity index (χ0n) is 18.0. The van der Waals surface area contributed by atoms with Crippen LogP contribution >= 0.6 is 0 Å². The number of benzene rings is 3. The average Bonchev–Trinajstić information content (AvgIpc) is 3.39. The summed E-state index contributed by atoms with van der Waals surface area (Å²) in [6.45, 7) is 0.885. The minimum absolute atomic E-state index is 0.0295. The Labute approximate surface area is 190 Å². The molecular formula is C26H24FN3O3. The van der Waals surface area contributed by atoms with Crippen LogP contribution in [0.3, 0.4) is 0 Å². The highest BCUT2D eigenvalue weighted by Crippen LogP contribution is 2.33. The van der Waals surface area contributed by atoms with Crippen LogP contribution in [0.5, 0.6) is 5.75 Å². The van der Waals surface area contributed by atoms with Gasteiger partial charge in [0.2, 0.25) is 5.91 Å². The molecule has 6 nitrogen and oxygen atoms in total. The fourth-order valence-electron chi connectivity index (χ4n) is 4.32. The Balaban J connectivity index is 1.38. The molecule has 4 aromatic rings. The van der Waals surface area contributed by atoms with Gasteiger partial charge >= 0.3 is 0 Å². The Morgan fingerprint density at radius 1 is 1.03 bits per heavy atom. The standard InChI is InChI=1S/C26H24FN3O3/c27-19-10-12-20(13-11-19)29-15-18(14-25(29)32)26-28-23-8-4-5-9-24(23)30(26)16-21(31)17-33-22-6-2-1-3-7-22/h1-13,18,21,31H,14-17H2/t18-,21-/m0/s1. The summed E-state index contributed by atoms with van der Waals surface area (Å²) in [4.78, 5) is 19.3. The highest BCUT2D eigenvalue weighted by Gasteiger charge is 2.35. The predicted octanol–water partition coefficient (Wildman–Crippen LogP) is 4.14. The second kappa shape index (κ2) is 9.03. The third-order valence-electron chi connectivity index (χ3n) is 5.89. The molecule has 168 valence electrons. The zero-order chi connectivity index (χ0) is 22.8. The lowest BCUT2D eigenvalue weighted by Crippen LogP contribution is -2.26. The summed E-state index contributed by atoms with van der Waals surface area (Å²) in [5.74, 6) is 0.947. The van der Waals surface area contributed by atoms with E-state index < -0.39 is 6.10 Å². The molecule has 2 atom stereocenters. The Hall–Kier alpha value is -3.71. The van der Waals surface area contributed by atoms with Crippen LogP contribution < -0.4 is 9.64 Å². The zero-order valence-corrected chi connectivity index (χ0v) is 18.0. The van der Waals surface area contributed by atoms with Crippen LogP contribution in [0.15, 0.2) is 78.9 Å². The SMILES string of the molecule is O=C1C[C@H](c2nc3ccccc3n2C[C@H](O)COc2ccccc2)CN1c1ccc(F)cc1. The molecule has 5 rings (SSSR count). The first kappa shape index (κ1) is 21.2. The lowest BCUT2D eigenvalue weighted by molar-refractivity contribution is -0.117. The van der Waals surface area contributed by atoms with Gasteiger partial charge in [-0.1, -0.05) is 30.3 Å². The molecule has 0 unspecified atom stereocenters. The van der Waals surface area contributed by atoms with Crippen molar-refractivity contribution in [1.82, 2.24) is 9.55 Å². The van der Waals surface area contributed by atoms with E-state index in [9.17, 15) is 14.3 Å². The number of nitrogens with zero attached hydrogens (tertiary/aromatic N) is 3. The number of aliphatic hydroxyl groups is 1. The van der Waals surface area contributed by atoms with E-state index in [1.54, 1.807) is 17.0 Å². The van der Waals surface area contributed by atoms with Crippen molar-refractivity contribution in [3.8, 4) is 5.75 Å². The van der Waals surface area contributed by atoms with Gasteiger partial charge in [0.05, 0.1) is 17.6 Å². The number of halogens is 1. The molecule has 1 fully saturated rings. The minimum atomic E-state index is -0.758. The maximum atomic E-state index is 13.3. The van der Waals surface area contributed by atoms with Gasteiger partial charge in [-0.15, -0.1) is 0 Å². The van der Waals surface area contributed by atoms with E-state index in [1.165, 1.54) is 12.1 Å². The van der Waals surface area contributed by atoms with Gasteiger partial charge in [-0.2, -0.15) is 0 Å². The molecule has 7 heteroatoms. The van der Waals surface area contributed by atoms with Crippen molar-refractivity contribution in [2.24, 2.45) is 0 Å².